The highest BCUT2D eigenvalue weighted by Gasteiger charge is 2.35. The molecule has 180 valence electrons. The van der Waals surface area contributed by atoms with Crippen LogP contribution in [0.5, 0.6) is 17.2 Å². The van der Waals surface area contributed by atoms with Crippen molar-refractivity contribution in [2.24, 2.45) is 7.05 Å². The van der Waals surface area contributed by atoms with E-state index in [1.807, 2.05) is 0 Å². The number of alkyl halides is 3. The fourth-order valence-corrected chi connectivity index (χ4v) is 3.36. The van der Waals surface area contributed by atoms with Crippen molar-refractivity contribution in [3.63, 3.8) is 0 Å². The summed E-state index contributed by atoms with van der Waals surface area (Å²) in [4.78, 5) is 35.7. The van der Waals surface area contributed by atoms with Crippen LogP contribution in [-0.4, -0.2) is 26.8 Å². The van der Waals surface area contributed by atoms with Crippen molar-refractivity contribution in [3.8, 4) is 22.9 Å². The van der Waals surface area contributed by atoms with Gasteiger partial charge >= 0.3 is 17.8 Å². The van der Waals surface area contributed by atoms with Gasteiger partial charge in [-0.25, -0.2) is 18.5 Å². The fourth-order valence-electron chi connectivity index (χ4n) is 2.83. The molecule has 0 saturated heterocycles. The number of aromatic nitrogens is 2. The Bertz CT molecular complexity index is 1400. The molecule has 2 aromatic carbocycles. The molecule has 3 rings (SSSR count). The Hall–Kier alpha value is -3.32. The predicted octanol–water partition coefficient (Wildman–Crippen LogP) is 4.37. The zero-order chi connectivity index (χ0) is 25.4. The lowest BCUT2D eigenvalue weighted by atomic mass is 10.2. The normalized spacial score (nSPS) is 11.4. The van der Waals surface area contributed by atoms with Crippen LogP contribution in [0.3, 0.4) is 0 Å². The third-order valence-corrected chi connectivity index (χ3v) is 5.12. The van der Waals surface area contributed by atoms with Crippen LogP contribution in [0.2, 0.25) is 5.02 Å². The number of rotatable bonds is 6. The minimum absolute atomic E-state index is 0.0323. The second-order valence-electron chi connectivity index (χ2n) is 6.65. The van der Waals surface area contributed by atoms with Crippen LogP contribution in [0.1, 0.15) is 5.69 Å². The Balaban J connectivity index is 2.14. The van der Waals surface area contributed by atoms with Crippen molar-refractivity contribution in [1.29, 1.82) is 0 Å². The number of carbonyl (C=O) groups is 1. The lowest BCUT2D eigenvalue weighted by molar-refractivity contribution is -0.144. The predicted molar refractivity (Wildman–Crippen MR) is 115 cm³/mol. The highest BCUT2D eigenvalue weighted by molar-refractivity contribution is 9.10. The Kier molecular flexibility index (Phi) is 7.07. The number of carboxylic acid groups (broad SMARTS) is 1. The molecule has 3 aromatic rings. The molecule has 8 nitrogen and oxygen atoms in total. The van der Waals surface area contributed by atoms with Gasteiger partial charge in [0.2, 0.25) is 0 Å². The van der Waals surface area contributed by atoms with Crippen LogP contribution in [0.15, 0.2) is 50.5 Å². The molecular weight excluding hydrogens is 556 g/mol. The zero-order valence-electron chi connectivity index (χ0n) is 16.8. The minimum atomic E-state index is -4.99. The standard InChI is InChI=1S/C20H12BrClF4N2O6/c1-27-16(20(24,25)26)7-17(29)28(19(27)32)12-6-14(10(22)5-11(12)23)34-15-4-9(21)2-3-13(15)33-8-18(30)31/h2-7H,8H2,1H3,(H,30,31). The van der Waals surface area contributed by atoms with E-state index >= 15 is 0 Å². The molecule has 0 radical (unpaired) electrons. The van der Waals surface area contributed by atoms with E-state index in [1.54, 1.807) is 0 Å². The molecule has 0 atom stereocenters. The summed E-state index contributed by atoms with van der Waals surface area (Å²) in [5, 5.41) is 8.50. The zero-order valence-corrected chi connectivity index (χ0v) is 19.2. The van der Waals surface area contributed by atoms with E-state index in [9.17, 15) is 31.9 Å². The van der Waals surface area contributed by atoms with Crippen LogP contribution < -0.4 is 20.7 Å². The van der Waals surface area contributed by atoms with Gasteiger partial charge in [0, 0.05) is 23.7 Å². The summed E-state index contributed by atoms with van der Waals surface area (Å²) in [6.07, 6.45) is -4.99. The van der Waals surface area contributed by atoms with E-state index < -0.39 is 47.2 Å². The van der Waals surface area contributed by atoms with Gasteiger partial charge in [0.1, 0.15) is 17.3 Å². The van der Waals surface area contributed by atoms with Gasteiger partial charge in [-0.2, -0.15) is 13.2 Å². The second-order valence-corrected chi connectivity index (χ2v) is 7.98. The van der Waals surface area contributed by atoms with Crippen molar-refractivity contribution in [1.82, 2.24) is 9.13 Å². The average molecular weight is 568 g/mol. The van der Waals surface area contributed by atoms with E-state index in [1.165, 1.54) is 18.2 Å². The van der Waals surface area contributed by atoms with E-state index in [-0.39, 0.29) is 37.5 Å². The molecule has 0 aliphatic rings. The second kappa shape index (κ2) is 9.50. The van der Waals surface area contributed by atoms with Gasteiger partial charge in [0.05, 0.1) is 10.7 Å². The van der Waals surface area contributed by atoms with Crippen molar-refractivity contribution in [3.05, 3.63) is 78.2 Å². The third-order valence-electron chi connectivity index (χ3n) is 4.33. The Morgan fingerprint density at radius 3 is 2.41 bits per heavy atom. The number of halogens is 6. The van der Waals surface area contributed by atoms with Crippen molar-refractivity contribution >= 4 is 33.5 Å². The molecule has 0 aliphatic heterocycles. The number of hydrogen-bond acceptors (Lipinski definition) is 5. The van der Waals surface area contributed by atoms with Crippen molar-refractivity contribution in [2.75, 3.05) is 6.61 Å². The molecule has 0 bridgehead atoms. The van der Waals surface area contributed by atoms with Gasteiger partial charge in [0.15, 0.2) is 18.1 Å². The molecule has 1 heterocycles. The van der Waals surface area contributed by atoms with Gasteiger partial charge in [-0.3, -0.25) is 9.36 Å². The number of carboxylic acids is 1. The monoisotopic (exact) mass is 566 g/mol. The number of nitrogens with zero attached hydrogens (tertiary/aromatic N) is 2. The Labute approximate surface area is 200 Å². The quantitative estimate of drug-likeness (QED) is 0.445. The molecule has 0 aliphatic carbocycles. The molecule has 1 aromatic heterocycles. The van der Waals surface area contributed by atoms with Crippen LogP contribution in [0.25, 0.3) is 5.69 Å². The molecule has 34 heavy (non-hydrogen) atoms. The molecule has 14 heteroatoms. The number of hydrogen-bond donors (Lipinski definition) is 1. The van der Waals surface area contributed by atoms with E-state index in [0.717, 1.165) is 13.1 Å². The SMILES string of the molecule is Cn1c(C(F)(F)F)cc(=O)n(-c2cc(Oc3cc(Br)ccc3OCC(=O)O)c(Cl)cc2F)c1=O. The van der Waals surface area contributed by atoms with Gasteiger partial charge in [-0.1, -0.05) is 27.5 Å². The lowest BCUT2D eigenvalue weighted by Crippen LogP contribution is -2.41. The first-order valence-electron chi connectivity index (χ1n) is 9.01. The number of ether oxygens (including phenoxy) is 2. The summed E-state index contributed by atoms with van der Waals surface area (Å²) in [5.41, 5.74) is -5.13. The van der Waals surface area contributed by atoms with E-state index in [0.29, 0.717) is 10.5 Å². The van der Waals surface area contributed by atoms with Crippen LogP contribution in [-0.2, 0) is 18.0 Å². The van der Waals surface area contributed by atoms with Gasteiger partial charge in [-0.05, 0) is 24.3 Å². The van der Waals surface area contributed by atoms with E-state index in [4.69, 9.17) is 26.2 Å². The van der Waals surface area contributed by atoms with Crippen LogP contribution >= 0.6 is 27.5 Å². The van der Waals surface area contributed by atoms with Crippen molar-refractivity contribution < 1.29 is 36.9 Å². The molecule has 1 N–H and O–H groups in total. The topological polar surface area (TPSA) is 99.8 Å². The Morgan fingerprint density at radius 2 is 1.79 bits per heavy atom. The molecule has 0 fully saturated rings. The molecule has 0 unspecified atom stereocenters. The number of benzene rings is 2. The van der Waals surface area contributed by atoms with Gasteiger partial charge in [0.25, 0.3) is 5.56 Å². The molecule has 0 amide bonds. The largest absolute Gasteiger partial charge is 0.479 e. The first kappa shape index (κ1) is 25.3. The highest BCUT2D eigenvalue weighted by Crippen LogP contribution is 2.38. The summed E-state index contributed by atoms with van der Waals surface area (Å²) < 4.78 is 65.5. The highest BCUT2D eigenvalue weighted by atomic mass is 79.9. The van der Waals surface area contributed by atoms with Gasteiger partial charge in [-0.15, -0.1) is 0 Å². The number of aliphatic carboxylic acids is 1. The average Bonchev–Trinajstić information content (AvgIpc) is 2.72. The molecular formula is C20H12BrClF4N2O6. The van der Waals surface area contributed by atoms with E-state index in [2.05, 4.69) is 15.9 Å². The maximum Gasteiger partial charge on any atom is 0.431 e. The first-order valence-corrected chi connectivity index (χ1v) is 10.2. The summed E-state index contributed by atoms with van der Waals surface area (Å²) in [6.45, 7) is -0.711. The van der Waals surface area contributed by atoms with Gasteiger partial charge < -0.3 is 14.6 Å². The summed E-state index contributed by atoms with van der Waals surface area (Å²) >= 11 is 9.22. The maximum atomic E-state index is 14.7. The van der Waals surface area contributed by atoms with Crippen LogP contribution in [0, 0.1) is 5.82 Å². The summed E-state index contributed by atoms with van der Waals surface area (Å²) in [5.74, 6) is -2.86. The van der Waals surface area contributed by atoms with Crippen molar-refractivity contribution in [2.45, 2.75) is 6.18 Å². The summed E-state index contributed by atoms with van der Waals surface area (Å²) in [6, 6.07) is 5.97. The third kappa shape index (κ3) is 5.25. The fraction of sp³-hybridized carbons (Fsp3) is 0.150. The summed E-state index contributed by atoms with van der Waals surface area (Å²) in [7, 11) is 0.778. The lowest BCUT2D eigenvalue weighted by Gasteiger charge is -2.16. The first-order chi connectivity index (χ1) is 15.8. The minimum Gasteiger partial charge on any atom is -0.479 e. The maximum absolute atomic E-state index is 14.7. The van der Waals surface area contributed by atoms with Crippen LogP contribution in [0.4, 0.5) is 17.6 Å². The Morgan fingerprint density at radius 1 is 1.12 bits per heavy atom. The smallest absolute Gasteiger partial charge is 0.431 e. The molecule has 0 spiro atoms. The molecule has 0 saturated carbocycles.